The van der Waals surface area contributed by atoms with Crippen molar-refractivity contribution in [2.45, 2.75) is 13.8 Å². The number of hydrogen-bond donors (Lipinski definition) is 1. The maximum Gasteiger partial charge on any atom is 0.218 e. The van der Waals surface area contributed by atoms with E-state index in [1.54, 1.807) is 10.7 Å². The Kier molecular flexibility index (Phi) is 2.15. The Morgan fingerprint density at radius 3 is 2.87 bits per heavy atom. The Labute approximate surface area is 87.2 Å². The van der Waals surface area contributed by atoms with Crippen LogP contribution < -0.4 is 0 Å². The minimum atomic E-state index is 0.0856. The van der Waals surface area contributed by atoms with Gasteiger partial charge in [0.2, 0.25) is 5.90 Å². The molecule has 0 aliphatic carbocycles. The SMILES string of the molecule is COC(=N)c1cnn2c(C)cc(C)nc12. The van der Waals surface area contributed by atoms with Gasteiger partial charge >= 0.3 is 0 Å². The Hall–Kier alpha value is -1.91. The molecular weight excluding hydrogens is 192 g/mol. The van der Waals surface area contributed by atoms with Crippen LogP contribution in [0.25, 0.3) is 5.65 Å². The topological polar surface area (TPSA) is 63.3 Å². The second kappa shape index (κ2) is 3.34. The van der Waals surface area contributed by atoms with E-state index in [2.05, 4.69) is 10.1 Å². The lowest BCUT2D eigenvalue weighted by Gasteiger charge is -2.02. The zero-order chi connectivity index (χ0) is 11.0. The summed E-state index contributed by atoms with van der Waals surface area (Å²) in [6.07, 6.45) is 1.60. The lowest BCUT2D eigenvalue weighted by Crippen LogP contribution is -2.03. The first kappa shape index (κ1) is 9.64. The van der Waals surface area contributed by atoms with Gasteiger partial charge < -0.3 is 4.74 Å². The maximum atomic E-state index is 7.60. The Morgan fingerprint density at radius 2 is 2.20 bits per heavy atom. The number of ether oxygens (including phenoxy) is 1. The van der Waals surface area contributed by atoms with Crippen molar-refractivity contribution >= 4 is 11.5 Å². The van der Waals surface area contributed by atoms with Crippen LogP contribution in [0.1, 0.15) is 17.0 Å². The molecule has 0 aromatic carbocycles. The molecule has 2 heterocycles. The third-order valence-corrected chi connectivity index (χ3v) is 2.23. The van der Waals surface area contributed by atoms with Gasteiger partial charge in [0.1, 0.15) is 5.56 Å². The molecule has 0 saturated carbocycles. The Bertz CT molecular complexity index is 529. The summed E-state index contributed by atoms with van der Waals surface area (Å²) in [5.41, 5.74) is 3.18. The number of hydrogen-bond acceptors (Lipinski definition) is 4. The number of rotatable bonds is 1. The van der Waals surface area contributed by atoms with E-state index in [9.17, 15) is 0 Å². The minimum Gasteiger partial charge on any atom is -0.481 e. The third kappa shape index (κ3) is 1.45. The van der Waals surface area contributed by atoms with Gasteiger partial charge in [-0.05, 0) is 19.9 Å². The summed E-state index contributed by atoms with van der Waals surface area (Å²) >= 11 is 0. The van der Waals surface area contributed by atoms with Crippen molar-refractivity contribution in [1.82, 2.24) is 14.6 Å². The second-order valence-electron chi connectivity index (χ2n) is 3.37. The van der Waals surface area contributed by atoms with E-state index in [0.717, 1.165) is 11.4 Å². The molecule has 0 spiro atoms. The molecule has 15 heavy (non-hydrogen) atoms. The molecule has 0 fully saturated rings. The average Bonchev–Trinajstić information content (AvgIpc) is 2.60. The fraction of sp³-hybridized carbons (Fsp3) is 0.300. The molecule has 0 aliphatic heterocycles. The zero-order valence-electron chi connectivity index (χ0n) is 8.90. The van der Waals surface area contributed by atoms with Crippen LogP contribution in [0.5, 0.6) is 0 Å². The summed E-state index contributed by atoms with van der Waals surface area (Å²) in [6.45, 7) is 3.87. The highest BCUT2D eigenvalue weighted by Crippen LogP contribution is 2.12. The van der Waals surface area contributed by atoms with Crippen LogP contribution in [0.4, 0.5) is 0 Å². The van der Waals surface area contributed by atoms with Gasteiger partial charge in [-0.25, -0.2) is 9.50 Å². The van der Waals surface area contributed by atoms with Crippen LogP contribution in [0.3, 0.4) is 0 Å². The fourth-order valence-electron chi connectivity index (χ4n) is 1.54. The first-order valence-corrected chi connectivity index (χ1v) is 4.58. The van der Waals surface area contributed by atoms with Gasteiger partial charge in [0.15, 0.2) is 5.65 Å². The van der Waals surface area contributed by atoms with Gasteiger partial charge in [-0.1, -0.05) is 0 Å². The molecule has 5 heteroatoms. The van der Waals surface area contributed by atoms with Gasteiger partial charge in [0, 0.05) is 11.4 Å². The van der Waals surface area contributed by atoms with Gasteiger partial charge in [-0.3, -0.25) is 5.41 Å². The Morgan fingerprint density at radius 1 is 1.47 bits per heavy atom. The molecule has 0 atom stereocenters. The molecule has 0 amide bonds. The molecule has 1 N–H and O–H groups in total. The standard InChI is InChI=1S/C10H12N4O/c1-6-4-7(2)14-10(13-6)8(5-12-14)9(11)15-3/h4-5,11H,1-3H3. The van der Waals surface area contributed by atoms with Crippen molar-refractivity contribution in [2.24, 2.45) is 0 Å². The van der Waals surface area contributed by atoms with Crippen molar-refractivity contribution in [2.75, 3.05) is 7.11 Å². The Balaban J connectivity index is 2.74. The number of aryl methyl sites for hydroxylation is 2. The predicted octanol–water partition coefficient (Wildman–Crippen LogP) is 1.32. The maximum absolute atomic E-state index is 7.60. The quantitative estimate of drug-likeness (QED) is 0.562. The molecule has 0 bridgehead atoms. The summed E-state index contributed by atoms with van der Waals surface area (Å²) in [7, 11) is 1.47. The van der Waals surface area contributed by atoms with Gasteiger partial charge in [0.05, 0.1) is 13.3 Å². The van der Waals surface area contributed by atoms with Crippen LogP contribution in [-0.2, 0) is 4.74 Å². The van der Waals surface area contributed by atoms with Crippen LogP contribution in [0.2, 0.25) is 0 Å². The summed E-state index contributed by atoms with van der Waals surface area (Å²) < 4.78 is 6.58. The molecule has 0 unspecified atom stereocenters. The summed E-state index contributed by atoms with van der Waals surface area (Å²) in [6, 6.07) is 1.94. The number of nitrogens with one attached hydrogen (secondary N) is 1. The molecule has 0 saturated heterocycles. The molecule has 2 aromatic rings. The zero-order valence-corrected chi connectivity index (χ0v) is 8.90. The molecule has 0 radical (unpaired) electrons. The van der Waals surface area contributed by atoms with E-state index in [4.69, 9.17) is 10.1 Å². The van der Waals surface area contributed by atoms with Crippen molar-refractivity contribution in [1.29, 1.82) is 5.41 Å². The van der Waals surface area contributed by atoms with Crippen LogP contribution >= 0.6 is 0 Å². The van der Waals surface area contributed by atoms with Crippen molar-refractivity contribution in [3.05, 3.63) is 29.2 Å². The van der Waals surface area contributed by atoms with Gasteiger partial charge in [0.25, 0.3) is 0 Å². The third-order valence-electron chi connectivity index (χ3n) is 2.23. The number of fused-ring (bicyclic) bond motifs is 1. The van der Waals surface area contributed by atoms with Crippen LogP contribution in [0.15, 0.2) is 12.3 Å². The normalized spacial score (nSPS) is 10.6. The highest BCUT2D eigenvalue weighted by Gasteiger charge is 2.12. The number of nitrogens with zero attached hydrogens (tertiary/aromatic N) is 3. The lowest BCUT2D eigenvalue weighted by atomic mass is 10.3. The predicted molar refractivity (Wildman–Crippen MR) is 56.3 cm³/mol. The average molecular weight is 204 g/mol. The van der Waals surface area contributed by atoms with E-state index in [0.29, 0.717) is 11.2 Å². The largest absolute Gasteiger partial charge is 0.481 e. The van der Waals surface area contributed by atoms with E-state index in [1.807, 2.05) is 19.9 Å². The van der Waals surface area contributed by atoms with Gasteiger partial charge in [-0.2, -0.15) is 5.10 Å². The molecule has 78 valence electrons. The smallest absolute Gasteiger partial charge is 0.218 e. The molecule has 2 aromatic heterocycles. The first-order valence-electron chi connectivity index (χ1n) is 4.58. The van der Waals surface area contributed by atoms with E-state index in [-0.39, 0.29) is 5.90 Å². The fourth-order valence-corrected chi connectivity index (χ4v) is 1.54. The summed E-state index contributed by atoms with van der Waals surface area (Å²) in [5, 5.41) is 11.8. The first-order chi connectivity index (χ1) is 7.13. The summed E-state index contributed by atoms with van der Waals surface area (Å²) in [4.78, 5) is 4.35. The van der Waals surface area contributed by atoms with Gasteiger partial charge in [-0.15, -0.1) is 0 Å². The molecule has 2 rings (SSSR count). The van der Waals surface area contributed by atoms with E-state index < -0.39 is 0 Å². The highest BCUT2D eigenvalue weighted by molar-refractivity contribution is 5.97. The number of methoxy groups -OCH3 is 1. The van der Waals surface area contributed by atoms with Crippen LogP contribution in [0, 0.1) is 19.3 Å². The highest BCUT2D eigenvalue weighted by atomic mass is 16.5. The minimum absolute atomic E-state index is 0.0856. The summed E-state index contributed by atoms with van der Waals surface area (Å²) in [5.74, 6) is 0.0856. The monoisotopic (exact) mass is 204 g/mol. The van der Waals surface area contributed by atoms with Crippen molar-refractivity contribution < 1.29 is 4.74 Å². The molecule has 5 nitrogen and oxygen atoms in total. The van der Waals surface area contributed by atoms with E-state index in [1.165, 1.54) is 7.11 Å². The number of aromatic nitrogens is 3. The van der Waals surface area contributed by atoms with Crippen molar-refractivity contribution in [3.8, 4) is 0 Å². The lowest BCUT2D eigenvalue weighted by molar-refractivity contribution is 0.401. The van der Waals surface area contributed by atoms with E-state index >= 15 is 0 Å². The van der Waals surface area contributed by atoms with Crippen LogP contribution in [-0.4, -0.2) is 27.6 Å². The molecular formula is C10H12N4O. The second-order valence-corrected chi connectivity index (χ2v) is 3.37. The molecule has 0 aliphatic rings. The van der Waals surface area contributed by atoms with Crippen molar-refractivity contribution in [3.63, 3.8) is 0 Å².